The third kappa shape index (κ3) is 1.98. The highest BCUT2D eigenvalue weighted by molar-refractivity contribution is 6.39. The molecule has 0 saturated carbocycles. The van der Waals surface area contributed by atoms with E-state index in [0.29, 0.717) is 18.4 Å². The molecule has 0 heterocycles. The smallest absolute Gasteiger partial charge is 0.375 e. The van der Waals surface area contributed by atoms with Gasteiger partial charge in [0, 0.05) is 5.56 Å². The number of hydrogen-bond acceptors (Lipinski definition) is 4. The average Bonchev–Trinajstić information content (AvgIpc) is 2.38. The zero-order valence-electron chi connectivity index (χ0n) is 9.43. The summed E-state index contributed by atoms with van der Waals surface area (Å²) in [5, 5.41) is 0. The lowest BCUT2D eigenvalue weighted by molar-refractivity contribution is -0.153. The Morgan fingerprint density at radius 1 is 1.29 bits per heavy atom. The molecule has 0 aliphatic heterocycles. The minimum atomic E-state index is -0.942. The largest absolute Gasteiger partial charge is 0.463 e. The van der Waals surface area contributed by atoms with E-state index in [-0.39, 0.29) is 5.78 Å². The van der Waals surface area contributed by atoms with Gasteiger partial charge in [-0.2, -0.15) is 0 Å². The lowest BCUT2D eigenvalue weighted by Crippen LogP contribution is -2.34. The third-order valence-electron chi connectivity index (χ3n) is 3.00. The SMILES string of the molecule is COC(=O)C(=O)C1CCc2ccccc2C1=O. The van der Waals surface area contributed by atoms with E-state index >= 15 is 0 Å². The Kier molecular flexibility index (Phi) is 3.04. The maximum Gasteiger partial charge on any atom is 0.375 e. The summed E-state index contributed by atoms with van der Waals surface area (Å²) in [5.74, 6) is -2.84. The highest BCUT2D eigenvalue weighted by atomic mass is 16.5. The number of esters is 1. The maximum atomic E-state index is 12.0. The summed E-state index contributed by atoms with van der Waals surface area (Å²) in [6.07, 6.45) is 1.01. The maximum absolute atomic E-state index is 12.0. The van der Waals surface area contributed by atoms with Crippen LogP contribution in [0.5, 0.6) is 0 Å². The van der Waals surface area contributed by atoms with E-state index in [1.54, 1.807) is 12.1 Å². The Morgan fingerprint density at radius 2 is 2.00 bits per heavy atom. The van der Waals surface area contributed by atoms with Crippen molar-refractivity contribution in [3.63, 3.8) is 0 Å². The number of ketones is 2. The van der Waals surface area contributed by atoms with E-state index in [1.807, 2.05) is 12.1 Å². The first kappa shape index (κ1) is 11.5. The fourth-order valence-electron chi connectivity index (χ4n) is 2.09. The lowest BCUT2D eigenvalue weighted by Gasteiger charge is -2.21. The number of methoxy groups -OCH3 is 1. The van der Waals surface area contributed by atoms with Gasteiger partial charge in [0.1, 0.15) is 0 Å². The predicted octanol–water partition coefficient (Wildman–Crippen LogP) is 1.17. The fourth-order valence-corrected chi connectivity index (χ4v) is 2.09. The summed E-state index contributed by atoms with van der Waals surface area (Å²) in [6.45, 7) is 0. The normalized spacial score (nSPS) is 18.4. The van der Waals surface area contributed by atoms with Gasteiger partial charge in [-0.05, 0) is 18.4 Å². The Balaban J connectivity index is 2.29. The van der Waals surface area contributed by atoms with E-state index in [1.165, 1.54) is 0 Å². The molecule has 0 fully saturated rings. The van der Waals surface area contributed by atoms with Crippen LogP contribution in [-0.4, -0.2) is 24.6 Å². The van der Waals surface area contributed by atoms with Crippen molar-refractivity contribution in [3.05, 3.63) is 35.4 Å². The zero-order chi connectivity index (χ0) is 12.4. The van der Waals surface area contributed by atoms with Gasteiger partial charge in [-0.1, -0.05) is 24.3 Å². The molecule has 1 atom stereocenters. The summed E-state index contributed by atoms with van der Waals surface area (Å²) < 4.78 is 4.36. The number of carbonyl (C=O) groups is 3. The van der Waals surface area contributed by atoms with Crippen molar-refractivity contribution in [2.75, 3.05) is 7.11 Å². The molecular weight excluding hydrogens is 220 g/mol. The van der Waals surface area contributed by atoms with Crippen LogP contribution in [0, 0.1) is 5.92 Å². The number of ether oxygens (including phenoxy) is 1. The molecule has 0 spiro atoms. The molecule has 88 valence electrons. The number of Topliss-reactive ketones (excluding diaryl/α,β-unsaturated/α-hetero) is 2. The molecular formula is C13H12O4. The molecule has 0 bridgehead atoms. The first-order valence-corrected chi connectivity index (χ1v) is 5.39. The lowest BCUT2D eigenvalue weighted by atomic mass is 9.80. The van der Waals surface area contributed by atoms with Gasteiger partial charge in [0.05, 0.1) is 13.0 Å². The molecule has 0 radical (unpaired) electrons. The second kappa shape index (κ2) is 4.49. The second-order valence-corrected chi connectivity index (χ2v) is 3.97. The predicted molar refractivity (Wildman–Crippen MR) is 59.6 cm³/mol. The molecule has 1 aliphatic rings. The molecule has 4 heteroatoms. The van der Waals surface area contributed by atoms with Crippen LogP contribution < -0.4 is 0 Å². The summed E-state index contributed by atoms with van der Waals surface area (Å²) >= 11 is 0. The molecule has 1 aromatic carbocycles. The van der Waals surface area contributed by atoms with Crippen LogP contribution in [0.1, 0.15) is 22.3 Å². The molecule has 1 aliphatic carbocycles. The van der Waals surface area contributed by atoms with E-state index < -0.39 is 17.7 Å². The summed E-state index contributed by atoms with van der Waals surface area (Å²) in [5.41, 5.74) is 1.48. The van der Waals surface area contributed by atoms with Crippen molar-refractivity contribution in [1.82, 2.24) is 0 Å². The molecule has 1 aromatic rings. The monoisotopic (exact) mass is 232 g/mol. The number of carbonyl (C=O) groups excluding carboxylic acids is 3. The number of rotatable bonds is 2. The van der Waals surface area contributed by atoms with Gasteiger partial charge in [-0.25, -0.2) is 4.79 Å². The molecule has 0 saturated heterocycles. The molecule has 0 amide bonds. The van der Waals surface area contributed by atoms with Crippen LogP contribution in [0.25, 0.3) is 0 Å². The topological polar surface area (TPSA) is 60.4 Å². The molecule has 0 N–H and O–H groups in total. The van der Waals surface area contributed by atoms with Crippen LogP contribution in [0.4, 0.5) is 0 Å². The van der Waals surface area contributed by atoms with Gasteiger partial charge in [0.2, 0.25) is 0 Å². The van der Waals surface area contributed by atoms with Crippen LogP contribution in [0.2, 0.25) is 0 Å². The van der Waals surface area contributed by atoms with Gasteiger partial charge >= 0.3 is 5.97 Å². The number of hydrogen-bond donors (Lipinski definition) is 0. The first-order valence-electron chi connectivity index (χ1n) is 5.39. The van der Waals surface area contributed by atoms with Gasteiger partial charge < -0.3 is 4.74 Å². The Labute approximate surface area is 98.6 Å². The summed E-state index contributed by atoms with van der Waals surface area (Å²) in [4.78, 5) is 34.8. The van der Waals surface area contributed by atoms with Gasteiger partial charge in [-0.15, -0.1) is 0 Å². The first-order chi connectivity index (χ1) is 8.15. The number of benzene rings is 1. The quantitative estimate of drug-likeness (QED) is 0.436. The van der Waals surface area contributed by atoms with Gasteiger partial charge in [-0.3, -0.25) is 9.59 Å². The van der Waals surface area contributed by atoms with Crippen LogP contribution in [0.15, 0.2) is 24.3 Å². The van der Waals surface area contributed by atoms with E-state index in [2.05, 4.69) is 4.74 Å². The van der Waals surface area contributed by atoms with Crippen molar-refractivity contribution in [3.8, 4) is 0 Å². The number of aryl methyl sites for hydroxylation is 1. The highest BCUT2D eigenvalue weighted by Gasteiger charge is 2.36. The van der Waals surface area contributed by atoms with E-state index in [9.17, 15) is 14.4 Å². The average molecular weight is 232 g/mol. The minimum absolute atomic E-state index is 0.276. The van der Waals surface area contributed by atoms with Gasteiger partial charge in [0.15, 0.2) is 5.78 Å². The minimum Gasteiger partial charge on any atom is -0.463 e. The molecule has 4 nitrogen and oxygen atoms in total. The standard InChI is InChI=1S/C13H12O4/c1-17-13(16)12(15)10-7-6-8-4-2-3-5-9(8)11(10)14/h2-5,10H,6-7H2,1H3. The van der Waals surface area contributed by atoms with Crippen molar-refractivity contribution < 1.29 is 19.1 Å². The summed E-state index contributed by atoms with van der Waals surface area (Å²) in [7, 11) is 1.14. The summed E-state index contributed by atoms with van der Waals surface area (Å²) in [6, 6.07) is 7.16. The van der Waals surface area contributed by atoms with Crippen LogP contribution in [-0.2, 0) is 20.7 Å². The van der Waals surface area contributed by atoms with E-state index in [4.69, 9.17) is 0 Å². The van der Waals surface area contributed by atoms with Crippen molar-refractivity contribution >= 4 is 17.5 Å². The second-order valence-electron chi connectivity index (χ2n) is 3.97. The Morgan fingerprint density at radius 3 is 2.71 bits per heavy atom. The number of fused-ring (bicyclic) bond motifs is 1. The van der Waals surface area contributed by atoms with E-state index in [0.717, 1.165) is 12.7 Å². The van der Waals surface area contributed by atoms with Crippen molar-refractivity contribution in [1.29, 1.82) is 0 Å². The molecule has 2 rings (SSSR count). The molecule has 17 heavy (non-hydrogen) atoms. The zero-order valence-corrected chi connectivity index (χ0v) is 9.43. The van der Waals surface area contributed by atoms with Crippen molar-refractivity contribution in [2.24, 2.45) is 5.92 Å². The Bertz CT molecular complexity index is 490. The molecule has 0 aromatic heterocycles. The third-order valence-corrected chi connectivity index (χ3v) is 3.00. The van der Waals surface area contributed by atoms with Gasteiger partial charge in [0.25, 0.3) is 5.78 Å². The van der Waals surface area contributed by atoms with Crippen LogP contribution in [0.3, 0.4) is 0 Å². The van der Waals surface area contributed by atoms with Crippen LogP contribution >= 0.6 is 0 Å². The van der Waals surface area contributed by atoms with Crippen molar-refractivity contribution in [2.45, 2.75) is 12.8 Å². The molecule has 1 unspecified atom stereocenters. The fraction of sp³-hybridized carbons (Fsp3) is 0.308. The highest BCUT2D eigenvalue weighted by Crippen LogP contribution is 2.26. The Hall–Kier alpha value is -1.97.